The molecule has 2 heterocycles. The summed E-state index contributed by atoms with van der Waals surface area (Å²) in [5.41, 5.74) is 5.17. The normalized spacial score (nSPS) is 27.9. The lowest BCUT2D eigenvalue weighted by molar-refractivity contribution is 0.0534. The number of aromatic amines is 1. The summed E-state index contributed by atoms with van der Waals surface area (Å²) in [6.07, 6.45) is 7.79. The molecule has 1 aliphatic heterocycles. The van der Waals surface area contributed by atoms with Gasteiger partial charge in [0.1, 0.15) is 0 Å². The molecule has 2 fully saturated rings. The average Bonchev–Trinajstić information content (AvgIpc) is 3.31. The van der Waals surface area contributed by atoms with E-state index in [1.54, 1.807) is 0 Å². The number of nitrogens with one attached hydrogen (secondary N) is 3. The molecule has 162 valence electrons. The molecule has 3 atom stereocenters. The first-order valence-corrected chi connectivity index (χ1v) is 11.7. The number of carbonyl (C=O) groups is 1. The summed E-state index contributed by atoms with van der Waals surface area (Å²) in [5, 5.41) is 17.9. The van der Waals surface area contributed by atoms with Crippen molar-refractivity contribution in [3.63, 3.8) is 0 Å². The Kier molecular flexibility index (Phi) is 5.46. The number of rotatable bonds is 3. The molecule has 30 heavy (non-hydrogen) atoms. The van der Waals surface area contributed by atoms with Crippen LogP contribution in [-0.4, -0.2) is 58.3 Å². The molecule has 1 saturated heterocycles. The first-order valence-electron chi connectivity index (χ1n) is 11.7. The lowest BCUT2D eigenvalue weighted by atomic mass is 9.91. The van der Waals surface area contributed by atoms with Gasteiger partial charge in [0.05, 0.1) is 6.10 Å². The Labute approximate surface area is 178 Å². The number of hydrogen-bond donors (Lipinski definition) is 4. The molecular formula is C24H34N4O2. The molecule has 0 bridgehead atoms. The quantitative estimate of drug-likeness (QED) is 0.628. The van der Waals surface area contributed by atoms with Crippen molar-refractivity contribution >= 4 is 16.9 Å². The Morgan fingerprint density at radius 2 is 1.90 bits per heavy atom. The topological polar surface area (TPSA) is 80.4 Å². The predicted octanol–water partition coefficient (Wildman–Crippen LogP) is 3.01. The highest BCUT2D eigenvalue weighted by atomic mass is 16.3. The number of aryl methyl sites for hydroxylation is 2. The number of H-pyrrole nitrogens is 1. The summed E-state index contributed by atoms with van der Waals surface area (Å²) in [7, 11) is 0. The van der Waals surface area contributed by atoms with Crippen LogP contribution >= 0.6 is 0 Å². The molecule has 2 aromatic rings. The number of aliphatic hydroxyl groups excluding tert-OH is 1. The average molecular weight is 411 g/mol. The summed E-state index contributed by atoms with van der Waals surface area (Å²) >= 11 is 0. The number of urea groups is 1. The minimum absolute atomic E-state index is 0.0289. The number of hydrogen-bond acceptors (Lipinski definition) is 3. The fourth-order valence-electron chi connectivity index (χ4n) is 5.79. The Morgan fingerprint density at radius 3 is 2.67 bits per heavy atom. The van der Waals surface area contributed by atoms with Crippen LogP contribution in [0.1, 0.15) is 55.3 Å². The van der Waals surface area contributed by atoms with Gasteiger partial charge in [-0.05, 0) is 76.0 Å². The molecule has 2 aliphatic carbocycles. The van der Waals surface area contributed by atoms with E-state index < -0.39 is 0 Å². The fourth-order valence-corrected chi connectivity index (χ4v) is 5.79. The van der Waals surface area contributed by atoms with Crippen molar-refractivity contribution in [1.82, 2.24) is 20.5 Å². The summed E-state index contributed by atoms with van der Waals surface area (Å²) in [6.45, 7) is 4.06. The largest absolute Gasteiger partial charge is 0.391 e. The van der Waals surface area contributed by atoms with E-state index in [2.05, 4.69) is 45.6 Å². The number of fused-ring (bicyclic) bond motifs is 3. The van der Waals surface area contributed by atoms with Crippen molar-refractivity contribution in [3.8, 4) is 0 Å². The predicted molar refractivity (Wildman–Crippen MR) is 119 cm³/mol. The van der Waals surface area contributed by atoms with Gasteiger partial charge in [0.2, 0.25) is 0 Å². The number of aliphatic hydroxyl groups is 1. The highest BCUT2D eigenvalue weighted by molar-refractivity contribution is 5.86. The second kappa shape index (κ2) is 8.23. The lowest BCUT2D eigenvalue weighted by Crippen LogP contribution is -2.53. The molecular weight excluding hydrogens is 376 g/mol. The van der Waals surface area contributed by atoms with E-state index in [1.807, 2.05) is 0 Å². The minimum atomic E-state index is -0.165. The van der Waals surface area contributed by atoms with E-state index in [1.165, 1.54) is 27.7 Å². The van der Waals surface area contributed by atoms with E-state index in [9.17, 15) is 9.90 Å². The molecule has 6 heteroatoms. The minimum Gasteiger partial charge on any atom is -0.391 e. The highest BCUT2D eigenvalue weighted by Crippen LogP contribution is 2.30. The van der Waals surface area contributed by atoms with Gasteiger partial charge in [-0.3, -0.25) is 4.90 Å². The van der Waals surface area contributed by atoms with Crippen molar-refractivity contribution in [2.45, 2.75) is 82.5 Å². The summed E-state index contributed by atoms with van der Waals surface area (Å²) in [6, 6.07) is 7.28. The number of piperidine rings is 1. The van der Waals surface area contributed by atoms with Crippen LogP contribution in [0.4, 0.5) is 4.79 Å². The summed E-state index contributed by atoms with van der Waals surface area (Å²) in [5.74, 6) is 0. The summed E-state index contributed by atoms with van der Waals surface area (Å²) < 4.78 is 0. The van der Waals surface area contributed by atoms with Crippen LogP contribution in [0.5, 0.6) is 0 Å². The van der Waals surface area contributed by atoms with Gasteiger partial charge in [-0.15, -0.1) is 0 Å². The first-order chi connectivity index (χ1) is 14.6. The monoisotopic (exact) mass is 410 g/mol. The lowest BCUT2D eigenvalue weighted by Gasteiger charge is -2.37. The van der Waals surface area contributed by atoms with E-state index in [-0.39, 0.29) is 24.2 Å². The van der Waals surface area contributed by atoms with E-state index in [0.717, 1.165) is 64.5 Å². The maximum atomic E-state index is 12.7. The molecule has 6 nitrogen and oxygen atoms in total. The maximum absolute atomic E-state index is 12.7. The zero-order valence-corrected chi connectivity index (χ0v) is 17.9. The number of nitrogens with zero attached hydrogens (tertiary/aromatic N) is 1. The van der Waals surface area contributed by atoms with Gasteiger partial charge in [0.25, 0.3) is 0 Å². The molecule has 4 N–H and O–H groups in total. The molecule has 0 spiro atoms. The van der Waals surface area contributed by atoms with Crippen molar-refractivity contribution in [2.24, 2.45) is 0 Å². The first kappa shape index (κ1) is 19.9. The molecule has 2 amide bonds. The van der Waals surface area contributed by atoms with Crippen LogP contribution in [0.15, 0.2) is 18.2 Å². The van der Waals surface area contributed by atoms with Crippen LogP contribution in [-0.2, 0) is 12.8 Å². The second-order valence-electron chi connectivity index (χ2n) is 9.56. The number of amides is 2. The standard InChI is InChI=1S/C24H34N4O2/c1-15-5-7-20-18(13-15)19-14-17(6-8-21(19)27-20)26-24(30)25-16-9-11-28(12-10-16)22-3-2-4-23(22)29/h5,7,13,16-17,22-23,27,29H,2-4,6,8-12,14H2,1H3,(H2,25,26,30). The van der Waals surface area contributed by atoms with Gasteiger partial charge in [-0.25, -0.2) is 4.79 Å². The molecule has 3 aliphatic rings. The van der Waals surface area contributed by atoms with Crippen LogP contribution in [0.3, 0.4) is 0 Å². The summed E-state index contributed by atoms with van der Waals surface area (Å²) in [4.78, 5) is 18.6. The van der Waals surface area contributed by atoms with Gasteiger partial charge in [0, 0.05) is 47.8 Å². The van der Waals surface area contributed by atoms with Crippen LogP contribution in [0.25, 0.3) is 10.9 Å². The number of likely N-dealkylation sites (tertiary alicyclic amines) is 1. The Bertz CT molecular complexity index is 915. The maximum Gasteiger partial charge on any atom is 0.315 e. The van der Waals surface area contributed by atoms with Crippen LogP contribution < -0.4 is 10.6 Å². The van der Waals surface area contributed by atoms with Gasteiger partial charge in [-0.1, -0.05) is 11.6 Å². The fraction of sp³-hybridized carbons (Fsp3) is 0.625. The zero-order valence-electron chi connectivity index (χ0n) is 17.9. The SMILES string of the molecule is Cc1ccc2[nH]c3c(c2c1)CC(NC(=O)NC1CCN(C2CCCC2O)CC1)CC3. The second-order valence-corrected chi connectivity index (χ2v) is 9.56. The van der Waals surface area contributed by atoms with Gasteiger partial charge in [-0.2, -0.15) is 0 Å². The zero-order chi connectivity index (χ0) is 20.7. The molecule has 5 rings (SSSR count). The molecule has 1 saturated carbocycles. The van der Waals surface area contributed by atoms with E-state index in [4.69, 9.17) is 0 Å². The van der Waals surface area contributed by atoms with Gasteiger partial charge >= 0.3 is 6.03 Å². The van der Waals surface area contributed by atoms with Gasteiger partial charge < -0.3 is 20.7 Å². The third kappa shape index (κ3) is 3.95. The Morgan fingerprint density at radius 1 is 1.10 bits per heavy atom. The number of carbonyl (C=O) groups excluding carboxylic acids is 1. The smallest absolute Gasteiger partial charge is 0.315 e. The van der Waals surface area contributed by atoms with Crippen molar-refractivity contribution in [3.05, 3.63) is 35.0 Å². The van der Waals surface area contributed by atoms with Crippen molar-refractivity contribution < 1.29 is 9.90 Å². The third-order valence-corrected chi connectivity index (χ3v) is 7.46. The third-order valence-electron chi connectivity index (χ3n) is 7.46. The Hall–Kier alpha value is -2.05. The molecule has 1 aromatic carbocycles. The number of benzene rings is 1. The Balaban J connectivity index is 1.14. The van der Waals surface area contributed by atoms with Crippen LogP contribution in [0.2, 0.25) is 0 Å². The molecule has 3 unspecified atom stereocenters. The molecule has 1 aromatic heterocycles. The van der Waals surface area contributed by atoms with Gasteiger partial charge in [0.15, 0.2) is 0 Å². The van der Waals surface area contributed by atoms with Crippen molar-refractivity contribution in [1.29, 1.82) is 0 Å². The molecule has 0 radical (unpaired) electrons. The van der Waals surface area contributed by atoms with E-state index in [0.29, 0.717) is 6.04 Å². The highest BCUT2D eigenvalue weighted by Gasteiger charge is 2.33. The van der Waals surface area contributed by atoms with E-state index >= 15 is 0 Å². The van der Waals surface area contributed by atoms with Crippen LogP contribution in [0, 0.1) is 6.92 Å². The number of aromatic nitrogens is 1. The van der Waals surface area contributed by atoms with Crippen molar-refractivity contribution in [2.75, 3.05) is 13.1 Å².